The van der Waals surface area contributed by atoms with E-state index in [-0.39, 0.29) is 0 Å². The van der Waals surface area contributed by atoms with Crippen LogP contribution in [0.15, 0.2) is 0 Å². The highest BCUT2D eigenvalue weighted by atomic mass is 16.6. The van der Waals surface area contributed by atoms with Crippen molar-refractivity contribution in [1.29, 1.82) is 0 Å². The molecule has 0 fully saturated rings. The smallest absolute Gasteiger partial charge is 0.417 e. The highest BCUT2D eigenvalue weighted by molar-refractivity contribution is 6.17. The van der Waals surface area contributed by atoms with Crippen molar-refractivity contribution in [1.82, 2.24) is 0 Å². The molecule has 0 aromatic rings. The number of unbranched alkanes of at least 4 members (excludes halogenated alkanes) is 3. The highest BCUT2D eigenvalue weighted by Crippen LogP contribution is 1.97. The molecule has 0 amide bonds. The van der Waals surface area contributed by atoms with Crippen LogP contribution in [0.4, 0.5) is 0 Å². The van der Waals surface area contributed by atoms with Gasteiger partial charge >= 0.3 is 7.69 Å². The van der Waals surface area contributed by atoms with Crippen LogP contribution in [-0.2, 0) is 9.31 Å². The lowest BCUT2D eigenvalue weighted by Gasteiger charge is -1.99. The molecule has 0 spiro atoms. The summed E-state index contributed by atoms with van der Waals surface area (Å²) in [4.78, 5) is 0. The third kappa shape index (κ3) is 7.98. The van der Waals surface area contributed by atoms with Gasteiger partial charge in [-0.05, 0) is 6.42 Å². The van der Waals surface area contributed by atoms with Gasteiger partial charge in [0.2, 0.25) is 0 Å². The van der Waals surface area contributed by atoms with Crippen LogP contribution in [0.2, 0.25) is 0 Å². The second-order valence-electron chi connectivity index (χ2n) is 2.38. The molecule has 0 bridgehead atoms. The Morgan fingerprint density at radius 3 is 2.60 bits per heavy atom. The first-order valence-electron chi connectivity index (χ1n) is 3.98. The molecule has 0 aromatic carbocycles. The highest BCUT2D eigenvalue weighted by Gasteiger charge is 1.89. The minimum Gasteiger partial charge on any atom is -0.417 e. The Morgan fingerprint density at radius 1 is 1.20 bits per heavy atom. The molecule has 0 rings (SSSR count). The summed E-state index contributed by atoms with van der Waals surface area (Å²) in [6, 6.07) is 0. The van der Waals surface area contributed by atoms with Gasteiger partial charge in [0.25, 0.3) is 0 Å². The third-order valence-electron chi connectivity index (χ3n) is 1.34. The second kappa shape index (κ2) is 8.98. The Labute approximate surface area is 64.2 Å². The van der Waals surface area contributed by atoms with E-state index >= 15 is 0 Å². The number of hydrogen-bond donors (Lipinski definition) is 0. The minimum atomic E-state index is 0.437. The van der Waals surface area contributed by atoms with Gasteiger partial charge in [-0.3, -0.25) is 0 Å². The van der Waals surface area contributed by atoms with Crippen molar-refractivity contribution >= 4 is 7.69 Å². The van der Waals surface area contributed by atoms with Crippen LogP contribution in [0.1, 0.15) is 32.6 Å². The molecule has 0 aromatic heterocycles. The van der Waals surface area contributed by atoms with Crippen LogP contribution in [-0.4, -0.2) is 21.4 Å². The van der Waals surface area contributed by atoms with Crippen LogP contribution in [0.5, 0.6) is 0 Å². The first-order chi connectivity index (χ1) is 4.91. The van der Waals surface area contributed by atoms with Crippen molar-refractivity contribution in [2.75, 3.05) is 13.7 Å². The van der Waals surface area contributed by atoms with Gasteiger partial charge in [0.15, 0.2) is 0 Å². The predicted octanol–water partition coefficient (Wildman–Crippen LogP) is 1.50. The van der Waals surface area contributed by atoms with Gasteiger partial charge in [0.05, 0.1) is 0 Å². The van der Waals surface area contributed by atoms with E-state index in [4.69, 9.17) is 9.31 Å². The molecule has 0 unspecified atom stereocenters. The summed E-state index contributed by atoms with van der Waals surface area (Å²) in [5, 5.41) is 0. The average molecular weight is 144 g/mol. The van der Waals surface area contributed by atoms with E-state index in [0.717, 1.165) is 13.0 Å². The van der Waals surface area contributed by atoms with Gasteiger partial charge in [-0.1, -0.05) is 26.2 Å². The summed E-state index contributed by atoms with van der Waals surface area (Å²) >= 11 is 0. The third-order valence-corrected chi connectivity index (χ3v) is 1.34. The molecule has 0 saturated heterocycles. The van der Waals surface area contributed by atoms with Crippen LogP contribution < -0.4 is 0 Å². The quantitative estimate of drug-likeness (QED) is 0.398. The van der Waals surface area contributed by atoms with Crippen LogP contribution >= 0.6 is 0 Å². The van der Waals surface area contributed by atoms with Crippen molar-refractivity contribution in [2.45, 2.75) is 32.6 Å². The molecular weight excluding hydrogens is 127 g/mol. The van der Waals surface area contributed by atoms with E-state index in [1.165, 1.54) is 19.3 Å². The second-order valence-corrected chi connectivity index (χ2v) is 2.38. The lowest BCUT2D eigenvalue weighted by atomic mass is 10.2. The molecule has 0 aliphatic carbocycles. The van der Waals surface area contributed by atoms with Gasteiger partial charge in [0.1, 0.15) is 0 Å². The Hall–Kier alpha value is -0.0151. The Kier molecular flexibility index (Phi) is 8.97. The molecule has 0 radical (unpaired) electrons. The molecule has 0 aliphatic heterocycles. The Bertz CT molecular complexity index is 51.6. The zero-order chi connectivity index (χ0) is 7.66. The van der Waals surface area contributed by atoms with E-state index in [9.17, 15) is 0 Å². The van der Waals surface area contributed by atoms with Crippen molar-refractivity contribution in [3.63, 3.8) is 0 Å². The number of hydrogen-bond acceptors (Lipinski definition) is 2. The molecule has 0 atom stereocenters. The standard InChI is InChI=1S/C7H17BO2/c1-3-4-5-6-7-10-8-9-2/h8H,3-7H2,1-2H3. The zero-order valence-electron chi connectivity index (χ0n) is 7.06. The summed E-state index contributed by atoms with van der Waals surface area (Å²) in [7, 11) is 2.08. The molecule has 10 heavy (non-hydrogen) atoms. The maximum atomic E-state index is 5.11. The van der Waals surface area contributed by atoms with Crippen molar-refractivity contribution in [2.24, 2.45) is 0 Å². The fourth-order valence-corrected chi connectivity index (χ4v) is 0.773. The Balaban J connectivity index is 2.65. The van der Waals surface area contributed by atoms with Gasteiger partial charge < -0.3 is 9.31 Å². The molecule has 2 nitrogen and oxygen atoms in total. The van der Waals surface area contributed by atoms with Crippen LogP contribution in [0.3, 0.4) is 0 Å². The average Bonchev–Trinajstić information content (AvgIpc) is 1.97. The summed E-state index contributed by atoms with van der Waals surface area (Å²) in [5.41, 5.74) is 0. The van der Waals surface area contributed by atoms with Crippen LogP contribution in [0.25, 0.3) is 0 Å². The monoisotopic (exact) mass is 144 g/mol. The molecule has 0 aliphatic rings. The van der Waals surface area contributed by atoms with Crippen LogP contribution in [0, 0.1) is 0 Å². The lowest BCUT2D eigenvalue weighted by Crippen LogP contribution is -2.02. The topological polar surface area (TPSA) is 18.5 Å². The predicted molar refractivity (Wildman–Crippen MR) is 44.3 cm³/mol. The summed E-state index contributed by atoms with van der Waals surface area (Å²) in [6.45, 7) is 3.05. The summed E-state index contributed by atoms with van der Waals surface area (Å²) in [5.74, 6) is 0. The SMILES string of the molecule is CCCCCCOBOC. The Morgan fingerprint density at radius 2 is 2.00 bits per heavy atom. The lowest BCUT2D eigenvalue weighted by molar-refractivity contribution is 0.249. The van der Waals surface area contributed by atoms with Gasteiger partial charge in [-0.15, -0.1) is 0 Å². The van der Waals surface area contributed by atoms with Gasteiger partial charge in [-0.25, -0.2) is 0 Å². The van der Waals surface area contributed by atoms with Gasteiger partial charge in [-0.2, -0.15) is 0 Å². The first kappa shape index (κ1) is 9.98. The fourth-order valence-electron chi connectivity index (χ4n) is 0.773. The van der Waals surface area contributed by atoms with Crippen molar-refractivity contribution < 1.29 is 9.31 Å². The molecular formula is C7H17BO2. The van der Waals surface area contributed by atoms with E-state index in [1.54, 1.807) is 7.11 Å². The molecule has 3 heteroatoms. The molecule has 0 saturated carbocycles. The summed E-state index contributed by atoms with van der Waals surface area (Å²) < 4.78 is 9.83. The normalized spacial score (nSPS) is 9.80. The van der Waals surface area contributed by atoms with E-state index < -0.39 is 0 Å². The minimum absolute atomic E-state index is 0.437. The van der Waals surface area contributed by atoms with Crippen molar-refractivity contribution in [3.05, 3.63) is 0 Å². The van der Waals surface area contributed by atoms with E-state index in [1.807, 2.05) is 0 Å². The zero-order valence-corrected chi connectivity index (χ0v) is 7.06. The number of rotatable bonds is 7. The van der Waals surface area contributed by atoms with E-state index in [0.29, 0.717) is 7.69 Å². The maximum absolute atomic E-state index is 5.11. The molecule has 0 N–H and O–H groups in total. The van der Waals surface area contributed by atoms with E-state index in [2.05, 4.69) is 6.92 Å². The maximum Gasteiger partial charge on any atom is 0.437 e. The fraction of sp³-hybridized carbons (Fsp3) is 1.00. The largest absolute Gasteiger partial charge is 0.437 e. The molecule has 60 valence electrons. The van der Waals surface area contributed by atoms with Gasteiger partial charge in [0, 0.05) is 13.7 Å². The van der Waals surface area contributed by atoms with Crippen molar-refractivity contribution in [3.8, 4) is 0 Å². The molecule has 0 heterocycles. The first-order valence-corrected chi connectivity index (χ1v) is 3.98. The summed E-state index contributed by atoms with van der Waals surface area (Å²) in [6.07, 6.45) is 5.04.